The summed E-state index contributed by atoms with van der Waals surface area (Å²) in [5.41, 5.74) is 6.20. The number of hydrogen-bond acceptors (Lipinski definition) is 4. The number of ether oxygens (including phenoxy) is 4. The van der Waals surface area contributed by atoms with Crippen LogP contribution in [0.1, 0.15) is 30.5 Å². The first-order valence-corrected chi connectivity index (χ1v) is 8.25. The van der Waals surface area contributed by atoms with Crippen molar-refractivity contribution in [1.29, 1.82) is 0 Å². The molecule has 2 aromatic rings. The third-order valence-electron chi connectivity index (χ3n) is 5.20. The molecule has 0 saturated heterocycles. The van der Waals surface area contributed by atoms with E-state index in [1.807, 2.05) is 12.1 Å². The van der Waals surface area contributed by atoms with E-state index in [1.165, 1.54) is 22.3 Å². The molecule has 0 unspecified atom stereocenters. The molecule has 0 spiro atoms. The van der Waals surface area contributed by atoms with E-state index in [0.717, 1.165) is 35.0 Å². The molecule has 5 rings (SSSR count). The number of hydrogen-bond donors (Lipinski definition) is 0. The number of allylic oxidation sites excluding steroid dienone is 1. The van der Waals surface area contributed by atoms with Gasteiger partial charge in [-0.3, -0.25) is 0 Å². The highest BCUT2D eigenvalue weighted by atomic mass is 16.7. The maximum absolute atomic E-state index is 5.81. The highest BCUT2D eigenvalue weighted by Crippen LogP contribution is 2.49. The second kappa shape index (κ2) is 4.94. The van der Waals surface area contributed by atoms with Crippen LogP contribution in [0.3, 0.4) is 0 Å². The van der Waals surface area contributed by atoms with Crippen molar-refractivity contribution in [3.8, 4) is 23.0 Å². The van der Waals surface area contributed by atoms with E-state index >= 15 is 0 Å². The summed E-state index contributed by atoms with van der Waals surface area (Å²) < 4.78 is 22.4. The summed E-state index contributed by atoms with van der Waals surface area (Å²) in [7, 11) is 0. The number of rotatable bonds is 1. The standard InChI is InChI=1S/C20H18O4/c1-11-7-13-4-6-16-20(24-10-22-16)19(13)18(12(11)2)14-3-5-15-17(8-14)23-9-21-15/h3-6,8,11H,7,9-10H2,1-2H3/t11-/m0/s1. The minimum Gasteiger partial charge on any atom is -0.454 e. The lowest BCUT2D eigenvalue weighted by molar-refractivity contribution is 0.173. The van der Waals surface area contributed by atoms with Crippen molar-refractivity contribution in [2.75, 3.05) is 13.6 Å². The van der Waals surface area contributed by atoms with Gasteiger partial charge in [-0.15, -0.1) is 0 Å². The molecule has 4 heteroatoms. The lowest BCUT2D eigenvalue weighted by Gasteiger charge is -2.28. The van der Waals surface area contributed by atoms with Crippen LogP contribution < -0.4 is 18.9 Å². The van der Waals surface area contributed by atoms with Crippen molar-refractivity contribution >= 4 is 5.57 Å². The lowest BCUT2D eigenvalue weighted by Crippen LogP contribution is -2.13. The third-order valence-corrected chi connectivity index (χ3v) is 5.20. The van der Waals surface area contributed by atoms with Crippen LogP contribution in [0.4, 0.5) is 0 Å². The Morgan fingerprint density at radius 2 is 1.62 bits per heavy atom. The van der Waals surface area contributed by atoms with Gasteiger partial charge in [-0.05, 0) is 54.2 Å². The van der Waals surface area contributed by atoms with Gasteiger partial charge in [0.05, 0.1) is 0 Å². The average Bonchev–Trinajstić information content (AvgIpc) is 3.23. The largest absolute Gasteiger partial charge is 0.454 e. The zero-order valence-electron chi connectivity index (χ0n) is 13.7. The van der Waals surface area contributed by atoms with Gasteiger partial charge in [-0.1, -0.05) is 24.6 Å². The van der Waals surface area contributed by atoms with E-state index in [2.05, 4.69) is 32.0 Å². The molecule has 0 saturated carbocycles. The molecular formula is C20H18O4. The molecule has 3 aliphatic rings. The molecule has 0 radical (unpaired) electrons. The molecule has 0 bridgehead atoms. The molecule has 2 aliphatic heterocycles. The van der Waals surface area contributed by atoms with E-state index in [0.29, 0.717) is 5.92 Å². The molecule has 2 aromatic carbocycles. The van der Waals surface area contributed by atoms with Crippen LogP contribution in [0.5, 0.6) is 23.0 Å². The molecule has 0 aromatic heterocycles. The minimum absolute atomic E-state index is 0.287. The van der Waals surface area contributed by atoms with Gasteiger partial charge < -0.3 is 18.9 Å². The maximum Gasteiger partial charge on any atom is 0.231 e. The first kappa shape index (κ1) is 13.8. The summed E-state index contributed by atoms with van der Waals surface area (Å²) in [5, 5.41) is 0. The Morgan fingerprint density at radius 3 is 2.54 bits per heavy atom. The van der Waals surface area contributed by atoms with Gasteiger partial charge in [-0.2, -0.15) is 0 Å². The molecule has 1 aliphatic carbocycles. The second-order valence-corrected chi connectivity index (χ2v) is 6.56. The fraction of sp³-hybridized carbons (Fsp3) is 0.300. The first-order valence-electron chi connectivity index (χ1n) is 8.25. The van der Waals surface area contributed by atoms with Gasteiger partial charge in [0.15, 0.2) is 23.0 Å². The fourth-order valence-electron chi connectivity index (χ4n) is 3.81. The van der Waals surface area contributed by atoms with Crippen molar-refractivity contribution in [2.45, 2.75) is 20.3 Å². The Morgan fingerprint density at radius 1 is 0.875 bits per heavy atom. The Labute approximate surface area is 140 Å². The second-order valence-electron chi connectivity index (χ2n) is 6.56. The van der Waals surface area contributed by atoms with Gasteiger partial charge in [0, 0.05) is 5.56 Å². The monoisotopic (exact) mass is 322 g/mol. The molecule has 0 N–H and O–H groups in total. The predicted molar refractivity (Wildman–Crippen MR) is 89.7 cm³/mol. The van der Waals surface area contributed by atoms with Gasteiger partial charge in [0.25, 0.3) is 0 Å². The minimum atomic E-state index is 0.287. The van der Waals surface area contributed by atoms with Crippen molar-refractivity contribution in [3.63, 3.8) is 0 Å². The zero-order chi connectivity index (χ0) is 16.3. The van der Waals surface area contributed by atoms with E-state index in [4.69, 9.17) is 18.9 Å². The summed E-state index contributed by atoms with van der Waals surface area (Å²) in [6.07, 6.45) is 1.02. The van der Waals surface area contributed by atoms with Crippen molar-refractivity contribution in [3.05, 3.63) is 52.6 Å². The normalized spacial score (nSPS) is 20.3. The molecular weight excluding hydrogens is 304 g/mol. The third kappa shape index (κ3) is 1.86. The molecule has 0 amide bonds. The van der Waals surface area contributed by atoms with Crippen LogP contribution >= 0.6 is 0 Å². The van der Waals surface area contributed by atoms with E-state index < -0.39 is 0 Å². The smallest absolute Gasteiger partial charge is 0.231 e. The maximum atomic E-state index is 5.81. The lowest BCUT2D eigenvalue weighted by atomic mass is 9.77. The quantitative estimate of drug-likeness (QED) is 0.790. The van der Waals surface area contributed by atoms with E-state index in [9.17, 15) is 0 Å². The van der Waals surface area contributed by atoms with Crippen LogP contribution in [0.15, 0.2) is 35.9 Å². The predicted octanol–water partition coefficient (Wildman–Crippen LogP) is 4.16. The van der Waals surface area contributed by atoms with Crippen molar-refractivity contribution in [2.24, 2.45) is 5.92 Å². The Kier molecular flexibility index (Phi) is 2.84. The topological polar surface area (TPSA) is 36.9 Å². The Bertz CT molecular complexity index is 881. The summed E-state index contributed by atoms with van der Waals surface area (Å²) in [6, 6.07) is 10.3. The summed E-state index contributed by atoms with van der Waals surface area (Å²) in [6.45, 7) is 5.06. The number of fused-ring (bicyclic) bond motifs is 4. The fourth-order valence-corrected chi connectivity index (χ4v) is 3.81. The summed E-state index contributed by atoms with van der Waals surface area (Å²) in [4.78, 5) is 0. The van der Waals surface area contributed by atoms with Crippen LogP contribution in [0.25, 0.3) is 5.57 Å². The van der Waals surface area contributed by atoms with Gasteiger partial charge >= 0.3 is 0 Å². The zero-order valence-corrected chi connectivity index (χ0v) is 13.7. The Hall–Kier alpha value is -2.62. The molecule has 1 atom stereocenters. The van der Waals surface area contributed by atoms with Crippen LogP contribution in [0, 0.1) is 5.92 Å². The first-order chi connectivity index (χ1) is 11.7. The van der Waals surface area contributed by atoms with Crippen molar-refractivity contribution < 1.29 is 18.9 Å². The highest BCUT2D eigenvalue weighted by molar-refractivity contribution is 5.89. The van der Waals surface area contributed by atoms with Crippen LogP contribution in [0.2, 0.25) is 0 Å². The number of benzene rings is 2. The van der Waals surface area contributed by atoms with Crippen molar-refractivity contribution in [1.82, 2.24) is 0 Å². The van der Waals surface area contributed by atoms with Gasteiger partial charge in [-0.25, -0.2) is 0 Å². The molecule has 24 heavy (non-hydrogen) atoms. The van der Waals surface area contributed by atoms with E-state index in [-0.39, 0.29) is 13.6 Å². The molecule has 0 fully saturated rings. The molecule has 4 nitrogen and oxygen atoms in total. The average molecular weight is 322 g/mol. The highest BCUT2D eigenvalue weighted by Gasteiger charge is 2.31. The Balaban J connectivity index is 1.75. The van der Waals surface area contributed by atoms with Gasteiger partial charge in [0.2, 0.25) is 13.6 Å². The summed E-state index contributed by atoms with van der Waals surface area (Å²) >= 11 is 0. The summed E-state index contributed by atoms with van der Waals surface area (Å²) in [5.74, 6) is 3.79. The van der Waals surface area contributed by atoms with Crippen LogP contribution in [-0.4, -0.2) is 13.6 Å². The molecule has 2 heterocycles. The van der Waals surface area contributed by atoms with Gasteiger partial charge in [0.1, 0.15) is 0 Å². The molecule has 122 valence electrons. The SMILES string of the molecule is CC1=C(c2ccc3c(c2)OCO3)c2c(ccc3c2OCO3)C[C@@H]1C. The van der Waals surface area contributed by atoms with E-state index in [1.54, 1.807) is 0 Å². The van der Waals surface area contributed by atoms with Crippen LogP contribution in [-0.2, 0) is 6.42 Å².